The van der Waals surface area contributed by atoms with Crippen LogP contribution in [0.5, 0.6) is 0 Å². The Bertz CT molecular complexity index is 474. The lowest BCUT2D eigenvalue weighted by molar-refractivity contribution is -0.195. The van der Waals surface area contributed by atoms with Crippen molar-refractivity contribution in [3.8, 4) is 0 Å². The van der Waals surface area contributed by atoms with Gasteiger partial charge in [0.1, 0.15) is 5.82 Å². The number of carboxylic acid groups (broad SMARTS) is 1. The van der Waals surface area contributed by atoms with E-state index in [1.165, 1.54) is 12.1 Å². The molecule has 1 aliphatic carbocycles. The molecular formula is C13H12F4O2. The quantitative estimate of drug-likeness (QED) is 0.851. The van der Waals surface area contributed by atoms with Gasteiger partial charge in [-0.25, -0.2) is 4.39 Å². The summed E-state index contributed by atoms with van der Waals surface area (Å²) in [7, 11) is 0. The summed E-state index contributed by atoms with van der Waals surface area (Å²) in [5.41, 5.74) is -1.75. The summed E-state index contributed by atoms with van der Waals surface area (Å²) in [6, 6.07) is 4.57. The minimum atomic E-state index is -4.44. The van der Waals surface area contributed by atoms with Crippen LogP contribution >= 0.6 is 0 Å². The van der Waals surface area contributed by atoms with Gasteiger partial charge in [0.15, 0.2) is 0 Å². The van der Waals surface area contributed by atoms with Gasteiger partial charge in [-0.2, -0.15) is 13.2 Å². The predicted octanol–water partition coefficient (Wildman–Crippen LogP) is 3.73. The molecule has 0 aliphatic heterocycles. The fourth-order valence-corrected chi connectivity index (χ4v) is 2.47. The van der Waals surface area contributed by atoms with Crippen LogP contribution in [0.2, 0.25) is 0 Å². The average Bonchev–Trinajstić information content (AvgIpc) is 3.07. The van der Waals surface area contributed by atoms with Crippen LogP contribution in [-0.4, -0.2) is 17.3 Å². The third-order valence-corrected chi connectivity index (χ3v) is 3.67. The molecule has 1 aromatic rings. The molecule has 0 saturated heterocycles. The van der Waals surface area contributed by atoms with E-state index in [9.17, 15) is 22.4 Å². The van der Waals surface area contributed by atoms with Crippen molar-refractivity contribution >= 4 is 5.97 Å². The maximum atomic E-state index is 13.1. The normalized spacial score (nSPS) is 18.9. The first-order valence-corrected chi connectivity index (χ1v) is 5.80. The van der Waals surface area contributed by atoms with Crippen molar-refractivity contribution in [2.45, 2.75) is 31.4 Å². The minimum absolute atomic E-state index is 0.0776. The summed E-state index contributed by atoms with van der Waals surface area (Å²) in [6.45, 7) is 0. The molecule has 19 heavy (non-hydrogen) atoms. The number of benzene rings is 1. The predicted molar refractivity (Wildman–Crippen MR) is 59.1 cm³/mol. The lowest BCUT2D eigenvalue weighted by atomic mass is 9.80. The average molecular weight is 276 g/mol. The van der Waals surface area contributed by atoms with E-state index in [-0.39, 0.29) is 18.4 Å². The molecule has 0 unspecified atom stereocenters. The van der Waals surface area contributed by atoms with Gasteiger partial charge in [0.2, 0.25) is 0 Å². The van der Waals surface area contributed by atoms with Gasteiger partial charge in [0.05, 0.1) is 11.8 Å². The molecule has 1 saturated carbocycles. The maximum Gasteiger partial charge on any atom is 0.395 e. The second-order valence-corrected chi connectivity index (χ2v) is 4.86. The smallest absolute Gasteiger partial charge is 0.395 e. The van der Waals surface area contributed by atoms with E-state index in [1.54, 1.807) is 0 Å². The van der Waals surface area contributed by atoms with E-state index in [0.717, 1.165) is 12.1 Å². The maximum absolute atomic E-state index is 13.1. The van der Waals surface area contributed by atoms with Gasteiger partial charge in [-0.3, -0.25) is 4.79 Å². The molecule has 104 valence electrons. The van der Waals surface area contributed by atoms with Crippen molar-refractivity contribution in [1.82, 2.24) is 0 Å². The second-order valence-electron chi connectivity index (χ2n) is 4.86. The van der Waals surface area contributed by atoms with E-state index in [0.29, 0.717) is 0 Å². The summed E-state index contributed by atoms with van der Waals surface area (Å²) in [5.74, 6) is -3.01. The summed E-state index contributed by atoms with van der Waals surface area (Å²) in [6.07, 6.45) is -5.20. The van der Waals surface area contributed by atoms with E-state index in [1.807, 2.05) is 0 Å². The highest BCUT2D eigenvalue weighted by molar-refractivity contribution is 5.68. The zero-order chi connectivity index (χ0) is 14.3. The molecule has 0 aromatic heterocycles. The van der Waals surface area contributed by atoms with Gasteiger partial charge in [0.25, 0.3) is 0 Å². The summed E-state index contributed by atoms with van der Waals surface area (Å²) >= 11 is 0. The van der Waals surface area contributed by atoms with Gasteiger partial charge in [-0.1, -0.05) is 12.1 Å². The van der Waals surface area contributed by atoms with Crippen LogP contribution in [0.25, 0.3) is 0 Å². The first-order chi connectivity index (χ1) is 8.76. The molecule has 1 aliphatic rings. The van der Waals surface area contributed by atoms with Crippen molar-refractivity contribution in [3.63, 3.8) is 0 Å². The Balaban J connectivity index is 2.37. The number of hydrogen-bond donors (Lipinski definition) is 1. The van der Waals surface area contributed by atoms with E-state index in [4.69, 9.17) is 5.11 Å². The molecule has 0 amide bonds. The van der Waals surface area contributed by atoms with Crippen LogP contribution in [0.3, 0.4) is 0 Å². The SMILES string of the molecule is O=C(O)C[C@H](c1ccc(F)cc1)C1(C(F)(F)F)CC1. The number of rotatable bonds is 4. The molecule has 1 aromatic carbocycles. The highest BCUT2D eigenvalue weighted by atomic mass is 19.4. The number of carboxylic acids is 1. The fourth-order valence-electron chi connectivity index (χ4n) is 2.47. The molecule has 1 atom stereocenters. The van der Waals surface area contributed by atoms with Crippen molar-refractivity contribution in [1.29, 1.82) is 0 Å². The zero-order valence-electron chi connectivity index (χ0n) is 9.88. The minimum Gasteiger partial charge on any atom is -0.481 e. The van der Waals surface area contributed by atoms with E-state index in [2.05, 4.69) is 0 Å². The van der Waals surface area contributed by atoms with Gasteiger partial charge >= 0.3 is 12.1 Å². The van der Waals surface area contributed by atoms with Crippen molar-refractivity contribution < 1.29 is 27.5 Å². The summed E-state index contributed by atoms with van der Waals surface area (Å²) < 4.78 is 52.1. The Morgan fingerprint density at radius 2 is 1.79 bits per heavy atom. The van der Waals surface area contributed by atoms with E-state index < -0.39 is 35.7 Å². The number of hydrogen-bond acceptors (Lipinski definition) is 1. The number of alkyl halides is 3. The van der Waals surface area contributed by atoms with Crippen LogP contribution in [0.15, 0.2) is 24.3 Å². The second kappa shape index (κ2) is 4.51. The number of halogens is 4. The first-order valence-electron chi connectivity index (χ1n) is 5.80. The van der Waals surface area contributed by atoms with Gasteiger partial charge in [-0.15, -0.1) is 0 Å². The number of carbonyl (C=O) groups is 1. The molecule has 0 radical (unpaired) electrons. The largest absolute Gasteiger partial charge is 0.481 e. The van der Waals surface area contributed by atoms with Gasteiger partial charge < -0.3 is 5.11 Å². The monoisotopic (exact) mass is 276 g/mol. The van der Waals surface area contributed by atoms with Gasteiger partial charge in [0, 0.05) is 5.92 Å². The van der Waals surface area contributed by atoms with Crippen LogP contribution in [-0.2, 0) is 4.79 Å². The van der Waals surface area contributed by atoms with Crippen LogP contribution in [0.4, 0.5) is 17.6 Å². The van der Waals surface area contributed by atoms with Crippen molar-refractivity contribution in [2.24, 2.45) is 5.41 Å². The first kappa shape index (κ1) is 13.8. The molecule has 2 nitrogen and oxygen atoms in total. The van der Waals surface area contributed by atoms with Gasteiger partial charge in [-0.05, 0) is 30.5 Å². The number of aliphatic carboxylic acids is 1. The lowest BCUT2D eigenvalue weighted by Gasteiger charge is -2.28. The Labute approximate surface area is 107 Å². The Hall–Kier alpha value is -1.59. The molecule has 6 heteroatoms. The topological polar surface area (TPSA) is 37.3 Å². The Morgan fingerprint density at radius 1 is 1.26 bits per heavy atom. The third-order valence-electron chi connectivity index (χ3n) is 3.67. The fraction of sp³-hybridized carbons (Fsp3) is 0.462. The lowest BCUT2D eigenvalue weighted by Crippen LogP contribution is -2.32. The molecule has 0 heterocycles. The van der Waals surface area contributed by atoms with E-state index >= 15 is 0 Å². The summed E-state index contributed by atoms with van der Waals surface area (Å²) in [4.78, 5) is 10.8. The molecule has 1 N–H and O–H groups in total. The molecule has 0 bridgehead atoms. The highest BCUT2D eigenvalue weighted by Crippen LogP contribution is 2.66. The van der Waals surface area contributed by atoms with Crippen molar-refractivity contribution in [3.05, 3.63) is 35.6 Å². The molecule has 2 rings (SSSR count). The zero-order valence-corrected chi connectivity index (χ0v) is 9.88. The Morgan fingerprint density at radius 3 is 2.16 bits per heavy atom. The molecule has 1 fully saturated rings. The molecular weight excluding hydrogens is 264 g/mol. The third kappa shape index (κ3) is 2.57. The highest BCUT2D eigenvalue weighted by Gasteiger charge is 2.67. The van der Waals surface area contributed by atoms with Crippen LogP contribution in [0, 0.1) is 11.2 Å². The standard InChI is InChI=1S/C13H12F4O2/c14-9-3-1-8(2-4-9)10(7-11(18)19)12(5-6-12)13(15,16)17/h1-4,10H,5-7H2,(H,18,19)/t10-/m1/s1. The van der Waals surface area contributed by atoms with Crippen LogP contribution in [0.1, 0.15) is 30.7 Å². The summed E-state index contributed by atoms with van der Waals surface area (Å²) in [5, 5.41) is 8.82. The molecule has 0 spiro atoms. The Kier molecular flexibility index (Phi) is 3.28. The van der Waals surface area contributed by atoms with Crippen LogP contribution < -0.4 is 0 Å². The van der Waals surface area contributed by atoms with Crippen molar-refractivity contribution in [2.75, 3.05) is 0 Å².